The maximum Gasteiger partial charge on any atom is 0.230 e. The first-order chi connectivity index (χ1) is 10.6. The van der Waals surface area contributed by atoms with E-state index in [9.17, 15) is 0 Å². The van der Waals surface area contributed by atoms with Crippen molar-refractivity contribution in [2.45, 2.75) is 25.8 Å². The molecule has 1 aromatic carbocycles. The van der Waals surface area contributed by atoms with Gasteiger partial charge >= 0.3 is 0 Å². The van der Waals surface area contributed by atoms with Gasteiger partial charge in [-0.05, 0) is 46.0 Å². The molecule has 0 amide bonds. The summed E-state index contributed by atoms with van der Waals surface area (Å²) in [6.45, 7) is 4.09. The van der Waals surface area contributed by atoms with E-state index in [0.717, 1.165) is 42.5 Å². The molecule has 0 radical (unpaired) electrons. The zero-order valence-corrected chi connectivity index (χ0v) is 13.1. The number of nitrogens with zero attached hydrogens (tertiary/aromatic N) is 3. The molecule has 1 fully saturated rings. The van der Waals surface area contributed by atoms with Gasteiger partial charge in [-0.15, -0.1) is 0 Å². The Bertz CT molecular complexity index is 675. The van der Waals surface area contributed by atoms with Gasteiger partial charge < -0.3 is 10.2 Å². The lowest BCUT2D eigenvalue weighted by Crippen LogP contribution is -2.45. The molecule has 0 aliphatic carbocycles. The van der Waals surface area contributed by atoms with Gasteiger partial charge in [-0.25, -0.2) is 9.97 Å². The van der Waals surface area contributed by atoms with Crippen LogP contribution in [0.15, 0.2) is 24.3 Å². The average Bonchev–Trinajstić information content (AvgIpc) is 2.49. The molecule has 3 rings (SSSR count). The van der Waals surface area contributed by atoms with Gasteiger partial charge in [-0.3, -0.25) is 10.7 Å². The molecule has 1 aliphatic heterocycles. The van der Waals surface area contributed by atoms with Crippen LogP contribution < -0.4 is 10.6 Å². The lowest BCUT2D eigenvalue weighted by molar-refractivity contribution is 0.247. The van der Waals surface area contributed by atoms with Crippen LogP contribution in [0.25, 0.3) is 10.9 Å². The van der Waals surface area contributed by atoms with Gasteiger partial charge in [-0.2, -0.15) is 0 Å². The highest BCUT2D eigenvalue weighted by Gasteiger charge is 2.17. The zero-order chi connectivity index (χ0) is 15.5. The number of fused-ring (bicyclic) bond motifs is 1. The zero-order valence-electron chi connectivity index (χ0n) is 13.1. The minimum absolute atomic E-state index is 0.268. The first-order valence-corrected chi connectivity index (χ1v) is 7.66. The molecular formula is C16H22N6. The van der Waals surface area contributed by atoms with Crippen molar-refractivity contribution >= 4 is 22.8 Å². The van der Waals surface area contributed by atoms with Gasteiger partial charge in [0.05, 0.1) is 11.2 Å². The Morgan fingerprint density at radius 3 is 2.73 bits per heavy atom. The van der Waals surface area contributed by atoms with Crippen LogP contribution in [-0.2, 0) is 0 Å². The van der Waals surface area contributed by atoms with Gasteiger partial charge in [0.2, 0.25) is 5.95 Å². The summed E-state index contributed by atoms with van der Waals surface area (Å²) >= 11 is 0. The van der Waals surface area contributed by atoms with E-state index in [1.165, 1.54) is 0 Å². The molecule has 3 N–H and O–H groups in total. The van der Waals surface area contributed by atoms with Crippen LogP contribution >= 0.6 is 0 Å². The third-order valence-corrected chi connectivity index (χ3v) is 4.10. The van der Waals surface area contributed by atoms with Crippen LogP contribution in [0.2, 0.25) is 0 Å². The first-order valence-electron chi connectivity index (χ1n) is 7.66. The largest absolute Gasteiger partial charge is 0.353 e. The molecule has 2 heterocycles. The Hall–Kier alpha value is -2.21. The summed E-state index contributed by atoms with van der Waals surface area (Å²) in [5.74, 6) is 0.742. The second-order valence-electron chi connectivity index (χ2n) is 5.87. The number of nitrogens with one attached hydrogen (secondary N) is 3. The summed E-state index contributed by atoms with van der Waals surface area (Å²) in [5, 5.41) is 15.3. The van der Waals surface area contributed by atoms with Crippen molar-refractivity contribution in [3.63, 3.8) is 0 Å². The molecule has 6 nitrogen and oxygen atoms in total. The van der Waals surface area contributed by atoms with Crippen LogP contribution in [0.3, 0.4) is 0 Å². The number of guanidine groups is 1. The number of hydrogen-bond donors (Lipinski definition) is 3. The Labute approximate surface area is 130 Å². The standard InChI is InChI=1S/C16H22N6/c1-11-13-5-3-4-6-14(13)20-16(18-11)21-15(17)19-12-7-9-22(2)10-8-12/h3-6,12H,7-10H2,1-2H3,(H3,17,18,19,20,21). The van der Waals surface area contributed by atoms with E-state index < -0.39 is 0 Å². The monoisotopic (exact) mass is 298 g/mol. The summed E-state index contributed by atoms with van der Waals surface area (Å²) in [5.41, 5.74) is 1.81. The number of aromatic nitrogens is 2. The fraction of sp³-hybridized carbons (Fsp3) is 0.438. The smallest absolute Gasteiger partial charge is 0.230 e. The number of anilines is 1. The van der Waals surface area contributed by atoms with Gasteiger partial charge in [0, 0.05) is 11.4 Å². The lowest BCUT2D eigenvalue weighted by Gasteiger charge is -2.30. The maximum atomic E-state index is 8.08. The van der Waals surface area contributed by atoms with Crippen LogP contribution in [0.5, 0.6) is 0 Å². The van der Waals surface area contributed by atoms with Crippen LogP contribution in [-0.4, -0.2) is 47.0 Å². The van der Waals surface area contributed by atoms with E-state index in [2.05, 4.69) is 32.5 Å². The van der Waals surface area contributed by atoms with Crippen molar-refractivity contribution in [3.8, 4) is 0 Å². The predicted octanol–water partition coefficient (Wildman–Crippen LogP) is 1.97. The normalized spacial score (nSPS) is 16.6. The minimum atomic E-state index is 0.268. The van der Waals surface area contributed by atoms with E-state index in [-0.39, 0.29) is 5.96 Å². The van der Waals surface area contributed by atoms with Crippen molar-refractivity contribution in [1.29, 1.82) is 5.41 Å². The lowest BCUT2D eigenvalue weighted by atomic mass is 10.1. The Morgan fingerprint density at radius 1 is 1.23 bits per heavy atom. The van der Waals surface area contributed by atoms with E-state index in [4.69, 9.17) is 5.41 Å². The summed E-state index contributed by atoms with van der Waals surface area (Å²) in [6.07, 6.45) is 2.11. The maximum absolute atomic E-state index is 8.08. The molecule has 0 saturated carbocycles. The van der Waals surface area contributed by atoms with Gasteiger partial charge in [0.15, 0.2) is 5.96 Å². The summed E-state index contributed by atoms with van der Waals surface area (Å²) in [6, 6.07) is 8.26. The Kier molecular flexibility index (Phi) is 4.20. The number of likely N-dealkylation sites (tertiary alicyclic amines) is 1. The van der Waals surface area contributed by atoms with Crippen LogP contribution in [0, 0.1) is 12.3 Å². The minimum Gasteiger partial charge on any atom is -0.353 e. The van der Waals surface area contributed by atoms with Crippen molar-refractivity contribution in [2.24, 2.45) is 0 Å². The highest BCUT2D eigenvalue weighted by Crippen LogP contribution is 2.16. The number of hydrogen-bond acceptors (Lipinski definition) is 4. The third-order valence-electron chi connectivity index (χ3n) is 4.10. The number of para-hydroxylation sites is 1. The van der Waals surface area contributed by atoms with E-state index in [1.807, 2.05) is 31.2 Å². The molecule has 2 aromatic rings. The van der Waals surface area contributed by atoms with Crippen LogP contribution in [0.1, 0.15) is 18.5 Å². The van der Waals surface area contributed by atoms with Gasteiger partial charge in [-0.1, -0.05) is 18.2 Å². The molecule has 1 aliphatic rings. The SMILES string of the molecule is Cc1nc(NC(=N)NC2CCN(C)CC2)nc2ccccc12. The van der Waals surface area contributed by atoms with Gasteiger partial charge in [0.1, 0.15) is 0 Å². The summed E-state index contributed by atoms with van der Waals surface area (Å²) < 4.78 is 0. The first kappa shape index (κ1) is 14.7. The predicted molar refractivity (Wildman–Crippen MR) is 89.3 cm³/mol. The van der Waals surface area contributed by atoms with E-state index >= 15 is 0 Å². The van der Waals surface area contributed by atoms with Crippen molar-refractivity contribution in [3.05, 3.63) is 30.0 Å². The molecule has 0 unspecified atom stereocenters. The molecule has 116 valence electrons. The van der Waals surface area contributed by atoms with Crippen molar-refractivity contribution in [2.75, 3.05) is 25.5 Å². The Balaban J connectivity index is 1.66. The molecule has 22 heavy (non-hydrogen) atoms. The molecule has 0 atom stereocenters. The molecule has 1 aromatic heterocycles. The fourth-order valence-electron chi connectivity index (χ4n) is 2.80. The van der Waals surface area contributed by atoms with E-state index in [1.54, 1.807) is 0 Å². The molecule has 0 spiro atoms. The van der Waals surface area contributed by atoms with Gasteiger partial charge in [0.25, 0.3) is 0 Å². The molecule has 6 heteroatoms. The number of piperidine rings is 1. The molecule has 1 saturated heterocycles. The number of rotatable bonds is 2. The summed E-state index contributed by atoms with van der Waals surface area (Å²) in [4.78, 5) is 11.2. The highest BCUT2D eigenvalue weighted by molar-refractivity contribution is 5.91. The van der Waals surface area contributed by atoms with Crippen molar-refractivity contribution in [1.82, 2.24) is 20.2 Å². The van der Waals surface area contributed by atoms with Crippen molar-refractivity contribution < 1.29 is 0 Å². The van der Waals surface area contributed by atoms with Crippen LogP contribution in [0.4, 0.5) is 5.95 Å². The number of benzene rings is 1. The third kappa shape index (κ3) is 3.33. The molecular weight excluding hydrogens is 276 g/mol. The second kappa shape index (κ2) is 6.27. The Morgan fingerprint density at radius 2 is 1.95 bits per heavy atom. The topological polar surface area (TPSA) is 76.9 Å². The quantitative estimate of drug-likeness (QED) is 0.584. The molecule has 0 bridgehead atoms. The summed E-state index contributed by atoms with van der Waals surface area (Å²) in [7, 11) is 2.13. The fourth-order valence-corrected chi connectivity index (χ4v) is 2.80. The average molecular weight is 298 g/mol. The number of aryl methyl sites for hydroxylation is 1. The highest BCUT2D eigenvalue weighted by atomic mass is 15.2. The van der Waals surface area contributed by atoms with E-state index in [0.29, 0.717) is 12.0 Å². The second-order valence-corrected chi connectivity index (χ2v) is 5.87.